The molecule has 1 atom stereocenters. The third-order valence-electron chi connectivity index (χ3n) is 10.5. The maximum absolute atomic E-state index is 12.7. The fraction of sp³-hybridized carbons (Fsp3) is 0.936. The van der Waals surface area contributed by atoms with Crippen molar-refractivity contribution in [3.63, 3.8) is 0 Å². The van der Waals surface area contributed by atoms with E-state index >= 15 is 0 Å². The Morgan fingerprint density at radius 2 is 0.623 bits per heavy atom. The minimum atomic E-state index is -0.757. The molecule has 0 aromatic heterocycles. The summed E-state index contributed by atoms with van der Waals surface area (Å²) in [5.41, 5.74) is 0. The standard InChI is InChI=1S/C47H90O6/c1-5-7-9-11-12-13-14-21-24-27-31-35-39-46(49)52-42-44(41-51-45(48)38-34-29-10-8-6-2)53-47(50)40-36-32-28-25-22-19-17-15-16-18-20-23-26-30-33-37-43(3)4/h43-44H,5-42H2,1-4H3/t44-/m0/s1. The van der Waals surface area contributed by atoms with E-state index in [1.165, 1.54) is 148 Å². The van der Waals surface area contributed by atoms with Crippen LogP contribution < -0.4 is 0 Å². The van der Waals surface area contributed by atoms with E-state index in [0.29, 0.717) is 19.3 Å². The van der Waals surface area contributed by atoms with Crippen LogP contribution in [0, 0.1) is 5.92 Å². The number of hydrogen-bond acceptors (Lipinski definition) is 6. The molecule has 6 nitrogen and oxygen atoms in total. The van der Waals surface area contributed by atoms with Crippen LogP contribution >= 0.6 is 0 Å². The molecule has 314 valence electrons. The topological polar surface area (TPSA) is 78.9 Å². The van der Waals surface area contributed by atoms with E-state index in [-0.39, 0.29) is 31.1 Å². The lowest BCUT2D eigenvalue weighted by Gasteiger charge is -2.18. The molecule has 6 heteroatoms. The number of esters is 3. The molecule has 53 heavy (non-hydrogen) atoms. The molecule has 0 N–H and O–H groups in total. The Balaban J connectivity index is 4.14. The molecule has 0 aromatic rings. The summed E-state index contributed by atoms with van der Waals surface area (Å²) in [7, 11) is 0. The molecule has 0 aromatic carbocycles. The predicted molar refractivity (Wildman–Crippen MR) is 224 cm³/mol. The molecule has 0 fully saturated rings. The second-order valence-corrected chi connectivity index (χ2v) is 16.5. The van der Waals surface area contributed by atoms with E-state index in [4.69, 9.17) is 14.2 Å². The summed E-state index contributed by atoms with van der Waals surface area (Å²) in [6.07, 6.45) is 41.2. The van der Waals surface area contributed by atoms with Crippen LogP contribution in [0.3, 0.4) is 0 Å². The second kappa shape index (κ2) is 41.6. The van der Waals surface area contributed by atoms with E-state index < -0.39 is 6.10 Å². The summed E-state index contributed by atoms with van der Waals surface area (Å²) < 4.78 is 16.6. The number of hydrogen-bond donors (Lipinski definition) is 0. The minimum absolute atomic E-state index is 0.0644. The maximum atomic E-state index is 12.7. The number of ether oxygens (including phenoxy) is 3. The van der Waals surface area contributed by atoms with Gasteiger partial charge in [0.1, 0.15) is 13.2 Å². The van der Waals surface area contributed by atoms with Crippen molar-refractivity contribution in [2.45, 2.75) is 265 Å². The molecular formula is C47H90O6. The SMILES string of the molecule is CCCCCCCCCCCCCCC(=O)OC[C@H](COC(=O)CCCCCCC)OC(=O)CCCCCCCCCCCCCCCCCC(C)C. The fourth-order valence-corrected chi connectivity index (χ4v) is 6.98. The highest BCUT2D eigenvalue weighted by atomic mass is 16.6. The highest BCUT2D eigenvalue weighted by molar-refractivity contribution is 5.71. The molecule has 0 unspecified atom stereocenters. The van der Waals surface area contributed by atoms with Gasteiger partial charge in [0.25, 0.3) is 0 Å². The Labute approximate surface area is 329 Å². The molecule has 0 aliphatic rings. The van der Waals surface area contributed by atoms with Gasteiger partial charge in [0, 0.05) is 19.3 Å². The average Bonchev–Trinajstić information content (AvgIpc) is 3.14. The third kappa shape index (κ3) is 41.4. The Morgan fingerprint density at radius 3 is 0.925 bits per heavy atom. The first-order valence-corrected chi connectivity index (χ1v) is 23.4. The van der Waals surface area contributed by atoms with Gasteiger partial charge in [-0.2, -0.15) is 0 Å². The van der Waals surface area contributed by atoms with Crippen molar-refractivity contribution >= 4 is 17.9 Å². The summed E-state index contributed by atoms with van der Waals surface area (Å²) >= 11 is 0. The summed E-state index contributed by atoms with van der Waals surface area (Å²) in [5.74, 6) is -0.0180. The van der Waals surface area contributed by atoms with Crippen LogP contribution in [0.2, 0.25) is 0 Å². The quantitative estimate of drug-likeness (QED) is 0.0351. The van der Waals surface area contributed by atoms with Crippen molar-refractivity contribution in [3.8, 4) is 0 Å². The van der Waals surface area contributed by atoms with Crippen LogP contribution in [-0.4, -0.2) is 37.2 Å². The lowest BCUT2D eigenvalue weighted by Crippen LogP contribution is -2.30. The number of carbonyl (C=O) groups excluding carboxylic acids is 3. The lowest BCUT2D eigenvalue weighted by atomic mass is 10.0. The van der Waals surface area contributed by atoms with Gasteiger partial charge < -0.3 is 14.2 Å². The summed E-state index contributed by atoms with van der Waals surface area (Å²) in [6, 6.07) is 0. The molecule has 0 radical (unpaired) electrons. The van der Waals surface area contributed by atoms with E-state index in [1.807, 2.05) is 0 Å². The zero-order valence-electron chi connectivity index (χ0n) is 36.0. The van der Waals surface area contributed by atoms with Crippen LogP contribution in [-0.2, 0) is 28.6 Å². The van der Waals surface area contributed by atoms with Gasteiger partial charge in [0.2, 0.25) is 0 Å². The largest absolute Gasteiger partial charge is 0.462 e. The molecule has 0 heterocycles. The second-order valence-electron chi connectivity index (χ2n) is 16.5. The van der Waals surface area contributed by atoms with Crippen LogP contribution in [0.5, 0.6) is 0 Å². The van der Waals surface area contributed by atoms with Gasteiger partial charge in [0.15, 0.2) is 6.10 Å². The van der Waals surface area contributed by atoms with Crippen molar-refractivity contribution in [3.05, 3.63) is 0 Å². The molecular weight excluding hydrogens is 661 g/mol. The number of unbranched alkanes of at least 4 members (excludes halogenated alkanes) is 29. The minimum Gasteiger partial charge on any atom is -0.462 e. The molecule has 0 aliphatic heterocycles. The summed E-state index contributed by atoms with van der Waals surface area (Å²) in [4.78, 5) is 37.5. The van der Waals surface area contributed by atoms with Crippen molar-refractivity contribution < 1.29 is 28.6 Å². The first-order chi connectivity index (χ1) is 25.9. The van der Waals surface area contributed by atoms with E-state index in [1.54, 1.807) is 0 Å². The molecule has 0 rings (SSSR count). The molecule has 0 spiro atoms. The zero-order chi connectivity index (χ0) is 38.9. The van der Waals surface area contributed by atoms with Gasteiger partial charge in [-0.3, -0.25) is 14.4 Å². The van der Waals surface area contributed by atoms with Crippen LogP contribution in [0.25, 0.3) is 0 Å². The normalized spacial score (nSPS) is 11.9. The highest BCUT2D eigenvalue weighted by Crippen LogP contribution is 2.16. The Bertz CT molecular complexity index is 796. The van der Waals surface area contributed by atoms with E-state index in [0.717, 1.165) is 70.1 Å². The number of carbonyl (C=O) groups is 3. The van der Waals surface area contributed by atoms with Gasteiger partial charge in [0.05, 0.1) is 0 Å². The van der Waals surface area contributed by atoms with Gasteiger partial charge in [-0.15, -0.1) is 0 Å². The Kier molecular flexibility index (Phi) is 40.3. The monoisotopic (exact) mass is 751 g/mol. The smallest absolute Gasteiger partial charge is 0.306 e. The van der Waals surface area contributed by atoms with Crippen molar-refractivity contribution in [1.82, 2.24) is 0 Å². The first-order valence-electron chi connectivity index (χ1n) is 23.4. The van der Waals surface area contributed by atoms with Crippen LogP contribution in [0.15, 0.2) is 0 Å². The van der Waals surface area contributed by atoms with E-state index in [2.05, 4.69) is 27.7 Å². The number of rotatable bonds is 42. The van der Waals surface area contributed by atoms with Crippen molar-refractivity contribution in [2.75, 3.05) is 13.2 Å². The van der Waals surface area contributed by atoms with E-state index in [9.17, 15) is 14.4 Å². The van der Waals surface area contributed by atoms with Crippen molar-refractivity contribution in [2.24, 2.45) is 5.92 Å². The van der Waals surface area contributed by atoms with Gasteiger partial charge in [-0.25, -0.2) is 0 Å². The fourth-order valence-electron chi connectivity index (χ4n) is 6.98. The molecule has 0 saturated heterocycles. The zero-order valence-corrected chi connectivity index (χ0v) is 36.0. The lowest BCUT2D eigenvalue weighted by molar-refractivity contribution is -0.167. The van der Waals surface area contributed by atoms with Gasteiger partial charge in [-0.1, -0.05) is 220 Å². The maximum Gasteiger partial charge on any atom is 0.306 e. The van der Waals surface area contributed by atoms with Crippen molar-refractivity contribution in [1.29, 1.82) is 0 Å². The molecule has 0 aliphatic carbocycles. The molecule has 0 saturated carbocycles. The van der Waals surface area contributed by atoms with Crippen LogP contribution in [0.4, 0.5) is 0 Å². The Morgan fingerprint density at radius 1 is 0.358 bits per heavy atom. The highest BCUT2D eigenvalue weighted by Gasteiger charge is 2.19. The Hall–Kier alpha value is -1.59. The first kappa shape index (κ1) is 51.4. The van der Waals surface area contributed by atoms with Gasteiger partial charge in [-0.05, 0) is 25.2 Å². The third-order valence-corrected chi connectivity index (χ3v) is 10.5. The predicted octanol–water partition coefficient (Wildman–Crippen LogP) is 14.7. The summed E-state index contributed by atoms with van der Waals surface area (Å²) in [6.45, 7) is 8.94. The van der Waals surface area contributed by atoms with Crippen LogP contribution in [0.1, 0.15) is 259 Å². The molecule has 0 amide bonds. The van der Waals surface area contributed by atoms with Gasteiger partial charge >= 0.3 is 17.9 Å². The average molecular weight is 751 g/mol. The summed E-state index contributed by atoms with van der Waals surface area (Å²) in [5, 5.41) is 0. The molecule has 0 bridgehead atoms.